The van der Waals surface area contributed by atoms with Gasteiger partial charge in [0.15, 0.2) is 0 Å². The molecular formula is C22H29NO5S. The SMILES string of the molecule is CC12CCC(C(=O)NCc3ccc(COC(=O)C4CCC5(C)OC5C4)s3)CC1O2. The van der Waals surface area contributed by atoms with Crippen LogP contribution in [0.3, 0.4) is 0 Å². The largest absolute Gasteiger partial charge is 0.460 e. The molecule has 1 aromatic rings. The molecule has 0 spiro atoms. The smallest absolute Gasteiger partial charge is 0.309 e. The van der Waals surface area contributed by atoms with Gasteiger partial charge < -0.3 is 19.5 Å². The summed E-state index contributed by atoms with van der Waals surface area (Å²) in [7, 11) is 0. The molecule has 0 aromatic carbocycles. The first-order valence-corrected chi connectivity index (χ1v) is 11.5. The highest BCUT2D eigenvalue weighted by atomic mass is 32.1. The lowest BCUT2D eigenvalue weighted by Crippen LogP contribution is -2.34. The standard InChI is InChI=1S/C22H29NO5S/c1-21-7-5-13(9-17(21)27-21)19(24)23-11-15-3-4-16(29-15)12-26-20(25)14-6-8-22(2)18(10-14)28-22/h3-4,13-14,17-18H,5-12H2,1-2H3,(H,23,24). The third-order valence-corrected chi connectivity index (χ3v) is 8.32. The molecule has 6 atom stereocenters. The number of carbonyl (C=O) groups excluding carboxylic acids is 2. The molecule has 158 valence electrons. The van der Waals surface area contributed by atoms with Gasteiger partial charge >= 0.3 is 5.97 Å². The molecule has 2 saturated heterocycles. The lowest BCUT2D eigenvalue weighted by molar-refractivity contribution is -0.150. The van der Waals surface area contributed by atoms with Gasteiger partial charge in [-0.3, -0.25) is 9.59 Å². The van der Waals surface area contributed by atoms with Crippen molar-refractivity contribution in [1.29, 1.82) is 0 Å². The van der Waals surface area contributed by atoms with Gasteiger partial charge in [-0.15, -0.1) is 11.3 Å². The Kier molecular flexibility index (Phi) is 4.76. The van der Waals surface area contributed by atoms with Gasteiger partial charge in [0.05, 0.1) is 35.9 Å². The van der Waals surface area contributed by atoms with Crippen molar-refractivity contribution in [2.24, 2.45) is 11.8 Å². The molecule has 1 aromatic heterocycles. The molecule has 2 saturated carbocycles. The van der Waals surface area contributed by atoms with Crippen LogP contribution in [0.15, 0.2) is 12.1 Å². The fraction of sp³-hybridized carbons (Fsp3) is 0.727. The second-order valence-corrected chi connectivity index (χ2v) is 10.7. The third kappa shape index (κ3) is 3.97. The maximum absolute atomic E-state index is 12.4. The van der Waals surface area contributed by atoms with Gasteiger partial charge in [-0.05, 0) is 64.5 Å². The fourth-order valence-corrected chi connectivity index (χ4v) is 5.79. The second kappa shape index (κ2) is 7.06. The summed E-state index contributed by atoms with van der Waals surface area (Å²) in [5.74, 6) is 0.0266. The second-order valence-electron chi connectivity index (χ2n) is 9.47. The number of hydrogen-bond acceptors (Lipinski definition) is 6. The van der Waals surface area contributed by atoms with Crippen molar-refractivity contribution in [3.63, 3.8) is 0 Å². The molecule has 0 bridgehead atoms. The number of epoxide rings is 2. The number of rotatable bonds is 6. The summed E-state index contributed by atoms with van der Waals surface area (Å²) in [6.45, 7) is 5.08. The molecule has 6 nitrogen and oxygen atoms in total. The van der Waals surface area contributed by atoms with Crippen LogP contribution in [0, 0.1) is 11.8 Å². The van der Waals surface area contributed by atoms with Crippen LogP contribution < -0.4 is 5.32 Å². The van der Waals surface area contributed by atoms with Gasteiger partial charge in [0.2, 0.25) is 5.91 Å². The Labute approximate surface area is 175 Å². The Morgan fingerprint density at radius 3 is 2.38 bits per heavy atom. The van der Waals surface area contributed by atoms with Crippen LogP contribution in [0.4, 0.5) is 0 Å². The van der Waals surface area contributed by atoms with E-state index in [1.807, 2.05) is 12.1 Å². The molecule has 3 heterocycles. The first kappa shape index (κ1) is 19.5. The molecule has 6 unspecified atom stereocenters. The fourth-order valence-electron chi connectivity index (χ4n) is 4.92. The minimum absolute atomic E-state index is 0.0207. The van der Waals surface area contributed by atoms with Crippen LogP contribution in [0.5, 0.6) is 0 Å². The van der Waals surface area contributed by atoms with Crippen molar-refractivity contribution in [3.05, 3.63) is 21.9 Å². The maximum Gasteiger partial charge on any atom is 0.309 e. The van der Waals surface area contributed by atoms with Crippen LogP contribution in [-0.4, -0.2) is 35.3 Å². The van der Waals surface area contributed by atoms with Crippen molar-refractivity contribution in [3.8, 4) is 0 Å². The van der Waals surface area contributed by atoms with E-state index in [2.05, 4.69) is 19.2 Å². The Bertz CT molecular complexity index is 759. The zero-order valence-corrected chi connectivity index (χ0v) is 17.9. The van der Waals surface area contributed by atoms with Gasteiger partial charge in [0.25, 0.3) is 0 Å². The van der Waals surface area contributed by atoms with Crippen LogP contribution in [-0.2, 0) is 37.0 Å². The zero-order chi connectivity index (χ0) is 20.2. The highest BCUT2D eigenvalue weighted by Crippen LogP contribution is 2.50. The predicted molar refractivity (Wildman–Crippen MR) is 107 cm³/mol. The van der Waals surface area contributed by atoms with E-state index in [1.165, 1.54) is 0 Å². The molecule has 1 amide bonds. The topological polar surface area (TPSA) is 80.5 Å². The Hall–Kier alpha value is -1.44. The highest BCUT2D eigenvalue weighted by molar-refractivity contribution is 7.11. The monoisotopic (exact) mass is 419 g/mol. The minimum atomic E-state index is -0.114. The predicted octanol–water partition coefficient (Wildman–Crippen LogP) is 3.32. The van der Waals surface area contributed by atoms with E-state index in [0.717, 1.165) is 48.3 Å². The summed E-state index contributed by atoms with van der Waals surface area (Å²) in [6.07, 6.45) is 5.76. The van der Waals surface area contributed by atoms with E-state index in [0.29, 0.717) is 13.2 Å². The summed E-state index contributed by atoms with van der Waals surface area (Å²) in [4.78, 5) is 26.9. The Balaban J connectivity index is 1.04. The first-order valence-electron chi connectivity index (χ1n) is 10.7. The maximum atomic E-state index is 12.4. The molecule has 5 rings (SSSR count). The molecule has 7 heteroatoms. The number of ether oxygens (including phenoxy) is 3. The Morgan fingerprint density at radius 2 is 1.69 bits per heavy atom. The minimum Gasteiger partial charge on any atom is -0.460 e. The first-order chi connectivity index (χ1) is 13.8. The number of amides is 1. The van der Waals surface area contributed by atoms with Crippen molar-refractivity contribution in [2.75, 3.05) is 0 Å². The van der Waals surface area contributed by atoms with Crippen LogP contribution in [0.25, 0.3) is 0 Å². The average molecular weight is 420 g/mol. The summed E-state index contributed by atoms with van der Waals surface area (Å²) < 4.78 is 16.9. The van der Waals surface area contributed by atoms with Gasteiger partial charge in [0.1, 0.15) is 6.61 Å². The molecular weight excluding hydrogens is 390 g/mol. The number of nitrogens with one attached hydrogen (secondary N) is 1. The quantitative estimate of drug-likeness (QED) is 0.565. The number of thiophene rings is 1. The Morgan fingerprint density at radius 1 is 1.07 bits per heavy atom. The zero-order valence-electron chi connectivity index (χ0n) is 17.1. The number of esters is 1. The van der Waals surface area contributed by atoms with Crippen molar-refractivity contribution >= 4 is 23.2 Å². The van der Waals surface area contributed by atoms with E-state index in [9.17, 15) is 9.59 Å². The molecule has 1 N–H and O–H groups in total. The molecule has 2 aliphatic carbocycles. The van der Waals surface area contributed by atoms with Crippen molar-refractivity contribution < 1.29 is 23.8 Å². The van der Waals surface area contributed by atoms with Gasteiger partial charge in [-0.2, -0.15) is 0 Å². The van der Waals surface area contributed by atoms with E-state index < -0.39 is 0 Å². The number of fused-ring (bicyclic) bond motifs is 2. The number of carbonyl (C=O) groups is 2. The summed E-state index contributed by atoms with van der Waals surface area (Å²) >= 11 is 1.59. The van der Waals surface area contributed by atoms with Crippen molar-refractivity contribution in [1.82, 2.24) is 5.32 Å². The van der Waals surface area contributed by atoms with Crippen LogP contribution in [0.2, 0.25) is 0 Å². The number of hydrogen-bond donors (Lipinski definition) is 1. The molecule has 2 aliphatic heterocycles. The van der Waals surface area contributed by atoms with Gasteiger partial charge in [-0.25, -0.2) is 0 Å². The van der Waals surface area contributed by atoms with Crippen LogP contribution in [0.1, 0.15) is 62.1 Å². The van der Waals surface area contributed by atoms with Crippen LogP contribution >= 0.6 is 11.3 Å². The summed E-state index contributed by atoms with van der Waals surface area (Å²) in [5.41, 5.74) is 0.0622. The molecule has 0 radical (unpaired) electrons. The lowest BCUT2D eigenvalue weighted by atomic mass is 9.82. The van der Waals surface area contributed by atoms with E-state index >= 15 is 0 Å². The van der Waals surface area contributed by atoms with E-state index in [4.69, 9.17) is 14.2 Å². The molecule has 4 aliphatic rings. The summed E-state index contributed by atoms with van der Waals surface area (Å²) in [5, 5.41) is 3.06. The molecule has 4 fully saturated rings. The van der Waals surface area contributed by atoms with Crippen molar-refractivity contribution in [2.45, 2.75) is 88.9 Å². The van der Waals surface area contributed by atoms with E-state index in [1.54, 1.807) is 11.3 Å². The van der Waals surface area contributed by atoms with E-state index in [-0.39, 0.29) is 47.1 Å². The normalized spacial score (nSPS) is 39.8. The van der Waals surface area contributed by atoms with Gasteiger partial charge in [-0.1, -0.05) is 0 Å². The third-order valence-electron chi connectivity index (χ3n) is 7.26. The van der Waals surface area contributed by atoms with Gasteiger partial charge in [0, 0.05) is 15.7 Å². The molecule has 29 heavy (non-hydrogen) atoms. The lowest BCUT2D eigenvalue weighted by Gasteiger charge is -2.21. The highest BCUT2D eigenvalue weighted by Gasteiger charge is 2.57. The average Bonchev–Trinajstić information content (AvgIpc) is 3.51. The summed E-state index contributed by atoms with van der Waals surface area (Å²) in [6, 6.07) is 3.98.